The lowest BCUT2D eigenvalue weighted by atomic mass is 9.93. The van der Waals surface area contributed by atoms with Gasteiger partial charge in [0.15, 0.2) is 0 Å². The zero-order valence-electron chi connectivity index (χ0n) is 10.2. The van der Waals surface area contributed by atoms with Crippen LogP contribution in [-0.2, 0) is 4.79 Å². The number of hydrogen-bond acceptors (Lipinski definition) is 2. The van der Waals surface area contributed by atoms with Crippen LogP contribution in [0, 0.1) is 5.92 Å². The standard InChI is InChI=1S/C13H24N2O/c1-2-3-9-12(10-14)15-13(16)11-7-5-4-6-8-11/h4-5,11-12H,2-3,6-10,14H2,1H3,(H,15,16). The molecule has 1 amide bonds. The summed E-state index contributed by atoms with van der Waals surface area (Å²) in [7, 11) is 0. The van der Waals surface area contributed by atoms with Gasteiger partial charge in [-0.25, -0.2) is 0 Å². The van der Waals surface area contributed by atoms with E-state index in [0.717, 1.165) is 38.5 Å². The average Bonchev–Trinajstić information content (AvgIpc) is 2.35. The molecule has 0 saturated carbocycles. The summed E-state index contributed by atoms with van der Waals surface area (Å²) in [5.74, 6) is 0.358. The van der Waals surface area contributed by atoms with E-state index in [1.165, 1.54) is 0 Å². The molecule has 16 heavy (non-hydrogen) atoms. The minimum absolute atomic E-state index is 0.165. The largest absolute Gasteiger partial charge is 0.352 e. The Morgan fingerprint density at radius 3 is 2.94 bits per heavy atom. The first kappa shape index (κ1) is 13.2. The fourth-order valence-corrected chi connectivity index (χ4v) is 2.05. The number of hydrogen-bond donors (Lipinski definition) is 2. The van der Waals surface area contributed by atoms with E-state index in [9.17, 15) is 4.79 Å². The number of carbonyl (C=O) groups is 1. The van der Waals surface area contributed by atoms with Crippen molar-refractivity contribution in [3.05, 3.63) is 12.2 Å². The Morgan fingerprint density at radius 1 is 1.56 bits per heavy atom. The summed E-state index contributed by atoms with van der Waals surface area (Å²) in [5, 5.41) is 3.07. The van der Waals surface area contributed by atoms with E-state index in [-0.39, 0.29) is 17.9 Å². The molecule has 0 bridgehead atoms. The van der Waals surface area contributed by atoms with Crippen LogP contribution in [0.4, 0.5) is 0 Å². The van der Waals surface area contributed by atoms with Gasteiger partial charge in [-0.15, -0.1) is 0 Å². The van der Waals surface area contributed by atoms with E-state index in [2.05, 4.69) is 24.4 Å². The number of amides is 1. The van der Waals surface area contributed by atoms with Gasteiger partial charge in [-0.1, -0.05) is 31.9 Å². The van der Waals surface area contributed by atoms with Gasteiger partial charge >= 0.3 is 0 Å². The van der Waals surface area contributed by atoms with Gasteiger partial charge in [-0.3, -0.25) is 4.79 Å². The number of unbranched alkanes of at least 4 members (excludes halogenated alkanes) is 1. The molecule has 3 nitrogen and oxygen atoms in total. The summed E-state index contributed by atoms with van der Waals surface area (Å²) in [6.45, 7) is 2.70. The van der Waals surface area contributed by atoms with Crippen LogP contribution in [0.3, 0.4) is 0 Å². The predicted molar refractivity (Wildman–Crippen MR) is 67.0 cm³/mol. The molecule has 0 spiro atoms. The summed E-state index contributed by atoms with van der Waals surface area (Å²) in [6.07, 6.45) is 10.4. The van der Waals surface area contributed by atoms with E-state index >= 15 is 0 Å². The van der Waals surface area contributed by atoms with Crippen LogP contribution in [0.1, 0.15) is 45.4 Å². The van der Waals surface area contributed by atoms with Crippen LogP contribution < -0.4 is 11.1 Å². The van der Waals surface area contributed by atoms with Gasteiger partial charge in [0.25, 0.3) is 0 Å². The highest BCUT2D eigenvalue weighted by Gasteiger charge is 2.20. The van der Waals surface area contributed by atoms with Crippen molar-refractivity contribution in [2.75, 3.05) is 6.54 Å². The predicted octanol–water partition coefficient (Wildman–Crippen LogP) is 1.98. The van der Waals surface area contributed by atoms with Crippen LogP contribution in [0.2, 0.25) is 0 Å². The highest BCUT2D eigenvalue weighted by Crippen LogP contribution is 2.18. The minimum Gasteiger partial charge on any atom is -0.352 e. The Balaban J connectivity index is 2.32. The molecule has 0 aromatic carbocycles. The fourth-order valence-electron chi connectivity index (χ4n) is 2.05. The second kappa shape index (κ2) is 7.44. The molecule has 0 heterocycles. The number of allylic oxidation sites excluding steroid dienone is 2. The third kappa shape index (κ3) is 4.35. The van der Waals surface area contributed by atoms with E-state index < -0.39 is 0 Å². The Morgan fingerprint density at radius 2 is 2.38 bits per heavy atom. The Kier molecular flexibility index (Phi) is 6.16. The highest BCUT2D eigenvalue weighted by molar-refractivity contribution is 5.79. The average molecular weight is 224 g/mol. The SMILES string of the molecule is CCCCC(CN)NC(=O)C1CC=CCC1. The van der Waals surface area contributed by atoms with Crippen molar-refractivity contribution >= 4 is 5.91 Å². The summed E-state index contributed by atoms with van der Waals surface area (Å²) in [4.78, 5) is 11.9. The van der Waals surface area contributed by atoms with Crippen LogP contribution in [0.25, 0.3) is 0 Å². The number of nitrogens with one attached hydrogen (secondary N) is 1. The summed E-state index contributed by atoms with van der Waals surface area (Å²) < 4.78 is 0. The van der Waals surface area contributed by atoms with E-state index in [1.807, 2.05) is 0 Å². The van der Waals surface area contributed by atoms with Gasteiger partial charge in [0.2, 0.25) is 5.91 Å². The van der Waals surface area contributed by atoms with Gasteiger partial charge < -0.3 is 11.1 Å². The van der Waals surface area contributed by atoms with E-state index in [1.54, 1.807) is 0 Å². The van der Waals surface area contributed by atoms with Gasteiger partial charge in [0.1, 0.15) is 0 Å². The van der Waals surface area contributed by atoms with Crippen molar-refractivity contribution in [3.63, 3.8) is 0 Å². The normalized spacial score (nSPS) is 21.8. The maximum atomic E-state index is 11.9. The molecule has 0 aromatic heterocycles. The van der Waals surface area contributed by atoms with Crippen molar-refractivity contribution in [3.8, 4) is 0 Å². The third-order valence-electron chi connectivity index (χ3n) is 3.18. The number of nitrogens with two attached hydrogens (primary N) is 1. The molecule has 0 radical (unpaired) electrons. The van der Waals surface area contributed by atoms with Crippen molar-refractivity contribution in [2.45, 2.75) is 51.5 Å². The number of carbonyl (C=O) groups excluding carboxylic acids is 1. The molecule has 0 fully saturated rings. The first-order chi connectivity index (χ1) is 7.77. The summed E-state index contributed by atoms with van der Waals surface area (Å²) in [6, 6.07) is 0.165. The van der Waals surface area contributed by atoms with Crippen LogP contribution >= 0.6 is 0 Å². The maximum Gasteiger partial charge on any atom is 0.223 e. The molecule has 0 saturated heterocycles. The van der Waals surface area contributed by atoms with Gasteiger partial charge in [-0.05, 0) is 25.7 Å². The van der Waals surface area contributed by atoms with Crippen LogP contribution in [-0.4, -0.2) is 18.5 Å². The Hall–Kier alpha value is -0.830. The van der Waals surface area contributed by atoms with Crippen molar-refractivity contribution in [1.29, 1.82) is 0 Å². The third-order valence-corrected chi connectivity index (χ3v) is 3.18. The summed E-state index contributed by atoms with van der Waals surface area (Å²) >= 11 is 0. The Bertz CT molecular complexity index is 238. The lowest BCUT2D eigenvalue weighted by molar-refractivity contribution is -0.125. The second-order valence-corrected chi connectivity index (χ2v) is 4.56. The van der Waals surface area contributed by atoms with E-state index in [4.69, 9.17) is 5.73 Å². The van der Waals surface area contributed by atoms with Crippen molar-refractivity contribution in [1.82, 2.24) is 5.32 Å². The minimum atomic E-state index is 0.165. The zero-order chi connectivity index (χ0) is 11.8. The molecular weight excluding hydrogens is 200 g/mol. The van der Waals surface area contributed by atoms with Gasteiger partial charge in [-0.2, -0.15) is 0 Å². The van der Waals surface area contributed by atoms with E-state index in [0.29, 0.717) is 6.54 Å². The van der Waals surface area contributed by atoms with Crippen LogP contribution in [0.15, 0.2) is 12.2 Å². The fraction of sp³-hybridized carbons (Fsp3) is 0.769. The Labute approximate surface area is 98.5 Å². The van der Waals surface area contributed by atoms with Crippen LogP contribution in [0.5, 0.6) is 0 Å². The lowest BCUT2D eigenvalue weighted by Crippen LogP contribution is -2.43. The second-order valence-electron chi connectivity index (χ2n) is 4.56. The first-order valence-corrected chi connectivity index (χ1v) is 6.43. The monoisotopic (exact) mass is 224 g/mol. The topological polar surface area (TPSA) is 55.1 Å². The van der Waals surface area contributed by atoms with Gasteiger partial charge in [0.05, 0.1) is 0 Å². The zero-order valence-corrected chi connectivity index (χ0v) is 10.2. The molecule has 3 heteroatoms. The smallest absolute Gasteiger partial charge is 0.223 e. The quantitative estimate of drug-likeness (QED) is 0.678. The maximum absolute atomic E-state index is 11.9. The molecule has 2 unspecified atom stereocenters. The molecule has 3 N–H and O–H groups in total. The molecular formula is C13H24N2O. The molecule has 92 valence electrons. The first-order valence-electron chi connectivity index (χ1n) is 6.43. The molecule has 1 aliphatic carbocycles. The molecule has 1 aliphatic rings. The van der Waals surface area contributed by atoms with Gasteiger partial charge in [0, 0.05) is 18.5 Å². The summed E-state index contributed by atoms with van der Waals surface area (Å²) in [5.41, 5.74) is 5.66. The molecule has 0 aliphatic heterocycles. The van der Waals surface area contributed by atoms with Crippen molar-refractivity contribution in [2.24, 2.45) is 11.7 Å². The number of rotatable bonds is 6. The molecule has 0 aromatic rings. The molecule has 1 rings (SSSR count). The molecule has 2 atom stereocenters. The highest BCUT2D eigenvalue weighted by atomic mass is 16.1. The van der Waals surface area contributed by atoms with Crippen molar-refractivity contribution < 1.29 is 4.79 Å². The lowest BCUT2D eigenvalue weighted by Gasteiger charge is -2.22.